The number of unbranched alkanes of at least 4 members (excludes halogenated alkanes) is 11. The molecule has 0 aromatic carbocycles. The number of carbonyl (C=O) groups is 1. The molecule has 0 fully saturated rings. The fourth-order valence-electron chi connectivity index (χ4n) is 3.35. The Kier molecular flexibility index (Phi) is 20.9. The van der Waals surface area contributed by atoms with Crippen LogP contribution in [0.15, 0.2) is 12.2 Å². The van der Waals surface area contributed by atoms with E-state index in [0.717, 1.165) is 19.3 Å². The van der Waals surface area contributed by atoms with E-state index in [4.69, 9.17) is 13.8 Å². The lowest BCUT2D eigenvalue weighted by Gasteiger charge is -2.28. The first-order valence-electron chi connectivity index (χ1n) is 13.5. The lowest BCUT2D eigenvalue weighted by Crippen LogP contribution is -2.37. The molecule has 0 saturated carbocycles. The maximum Gasteiger partial charge on any atom is 0.306 e. The molecule has 0 heterocycles. The molecular weight excluding hydrogens is 469 g/mol. The molecule has 8 nitrogen and oxygen atoms in total. The highest BCUT2D eigenvalue weighted by atomic mass is 31.2. The Balaban J connectivity index is 3.77. The zero-order valence-corrected chi connectivity index (χ0v) is 23.6. The third-order valence-electron chi connectivity index (χ3n) is 5.57. The van der Waals surface area contributed by atoms with Crippen molar-refractivity contribution in [3.8, 4) is 0 Å². The van der Waals surface area contributed by atoms with E-state index in [1.165, 1.54) is 57.8 Å². The van der Waals surface area contributed by atoms with Crippen LogP contribution < -0.4 is 4.89 Å². The van der Waals surface area contributed by atoms with Crippen LogP contribution in [0.4, 0.5) is 0 Å². The van der Waals surface area contributed by atoms with Crippen molar-refractivity contribution in [2.45, 2.75) is 103 Å². The Bertz CT molecular complexity index is 593. The van der Waals surface area contributed by atoms with E-state index >= 15 is 0 Å². The summed E-state index contributed by atoms with van der Waals surface area (Å²) in [5.74, 6) is -0.474. The maximum absolute atomic E-state index is 12.0. The van der Waals surface area contributed by atoms with E-state index in [-0.39, 0.29) is 13.0 Å². The van der Waals surface area contributed by atoms with Gasteiger partial charge in [-0.25, -0.2) is 0 Å². The lowest BCUT2D eigenvalue weighted by molar-refractivity contribution is -0.870. The van der Waals surface area contributed by atoms with Crippen molar-refractivity contribution in [1.29, 1.82) is 0 Å². The second kappa shape index (κ2) is 21.3. The molecule has 0 aliphatic heterocycles. The third kappa shape index (κ3) is 24.7. The number of quaternary nitrogens is 1. The van der Waals surface area contributed by atoms with Crippen molar-refractivity contribution in [2.75, 3.05) is 47.5 Å². The first-order chi connectivity index (χ1) is 16.6. The van der Waals surface area contributed by atoms with Crippen LogP contribution in [0.5, 0.6) is 0 Å². The number of phosphoric ester groups is 1. The van der Waals surface area contributed by atoms with Gasteiger partial charge in [0, 0.05) is 6.42 Å². The normalized spacial score (nSPS) is 14.8. The number of esters is 1. The standard InChI is InChI=1S/C26H52NO7P/c1-5-6-7-8-9-10-11-12-13-14-15-16-17-18-19-20-26(29)34-25(23-28)24-33-35(30,31)32-22-21-27(2,3)4/h15-16,25,28H,5-14,17-24H2,1-4H3/b16-15-/t25-/m0/s1. The minimum atomic E-state index is -4.51. The number of rotatable bonds is 24. The van der Waals surface area contributed by atoms with Crippen molar-refractivity contribution in [3.05, 3.63) is 12.2 Å². The van der Waals surface area contributed by atoms with E-state index in [0.29, 0.717) is 17.4 Å². The summed E-state index contributed by atoms with van der Waals surface area (Å²) in [4.78, 5) is 23.8. The molecule has 0 aromatic heterocycles. The molecule has 0 spiro atoms. The van der Waals surface area contributed by atoms with Gasteiger partial charge in [-0.05, 0) is 32.1 Å². The molecular formula is C26H52NO7P. The topological polar surface area (TPSA) is 105 Å². The summed E-state index contributed by atoms with van der Waals surface area (Å²) in [6.07, 6.45) is 19.2. The van der Waals surface area contributed by atoms with Gasteiger partial charge in [-0.1, -0.05) is 70.4 Å². The highest BCUT2D eigenvalue weighted by Gasteiger charge is 2.19. The molecule has 2 atom stereocenters. The van der Waals surface area contributed by atoms with Crippen molar-refractivity contribution in [2.24, 2.45) is 0 Å². The number of hydrogen-bond acceptors (Lipinski definition) is 7. The van der Waals surface area contributed by atoms with Gasteiger partial charge < -0.3 is 28.3 Å². The summed E-state index contributed by atoms with van der Waals surface area (Å²) >= 11 is 0. The van der Waals surface area contributed by atoms with E-state index in [1.54, 1.807) is 0 Å². The van der Waals surface area contributed by atoms with Gasteiger partial charge in [0.05, 0.1) is 34.4 Å². The fraction of sp³-hybridized carbons (Fsp3) is 0.885. The van der Waals surface area contributed by atoms with Gasteiger partial charge in [-0.15, -0.1) is 0 Å². The Morgan fingerprint density at radius 2 is 1.46 bits per heavy atom. The van der Waals surface area contributed by atoms with Gasteiger partial charge >= 0.3 is 5.97 Å². The number of allylic oxidation sites excluding steroid dienone is 2. The van der Waals surface area contributed by atoms with Crippen LogP contribution in [0.1, 0.15) is 96.8 Å². The second-order valence-electron chi connectivity index (χ2n) is 10.2. The van der Waals surface area contributed by atoms with Crippen LogP contribution in [0, 0.1) is 0 Å². The molecule has 0 aromatic rings. The number of hydrogen-bond donors (Lipinski definition) is 1. The number of likely N-dealkylation sites (N-methyl/N-ethyl adjacent to an activating group) is 1. The van der Waals surface area contributed by atoms with E-state index in [1.807, 2.05) is 21.1 Å². The predicted octanol–water partition coefficient (Wildman–Crippen LogP) is 5.14. The highest BCUT2D eigenvalue weighted by molar-refractivity contribution is 7.45. The van der Waals surface area contributed by atoms with Crippen LogP contribution in [-0.2, 0) is 23.1 Å². The average molecular weight is 522 g/mol. The first-order valence-corrected chi connectivity index (χ1v) is 14.9. The number of carbonyl (C=O) groups excluding carboxylic acids is 1. The van der Waals surface area contributed by atoms with Gasteiger partial charge in [-0.3, -0.25) is 9.36 Å². The molecule has 0 aliphatic carbocycles. The molecule has 0 aliphatic rings. The summed E-state index contributed by atoms with van der Waals surface area (Å²) in [7, 11) is 1.23. The zero-order chi connectivity index (χ0) is 26.4. The van der Waals surface area contributed by atoms with E-state index in [2.05, 4.69) is 19.1 Å². The van der Waals surface area contributed by atoms with Crippen molar-refractivity contribution < 1.29 is 37.6 Å². The smallest absolute Gasteiger partial charge is 0.306 e. The van der Waals surface area contributed by atoms with Crippen molar-refractivity contribution >= 4 is 13.8 Å². The predicted molar refractivity (Wildman–Crippen MR) is 139 cm³/mol. The van der Waals surface area contributed by atoms with Gasteiger partial charge in [-0.2, -0.15) is 0 Å². The van der Waals surface area contributed by atoms with Crippen LogP contribution in [0.3, 0.4) is 0 Å². The van der Waals surface area contributed by atoms with Crippen molar-refractivity contribution in [1.82, 2.24) is 0 Å². The zero-order valence-electron chi connectivity index (χ0n) is 22.8. The molecule has 0 bridgehead atoms. The van der Waals surface area contributed by atoms with E-state index in [9.17, 15) is 19.4 Å². The van der Waals surface area contributed by atoms with Crippen LogP contribution >= 0.6 is 7.82 Å². The average Bonchev–Trinajstić information content (AvgIpc) is 2.78. The monoisotopic (exact) mass is 521 g/mol. The molecule has 0 radical (unpaired) electrons. The fourth-order valence-corrected chi connectivity index (χ4v) is 4.08. The van der Waals surface area contributed by atoms with Gasteiger partial charge in [0.15, 0.2) is 0 Å². The second-order valence-corrected chi connectivity index (χ2v) is 11.6. The molecule has 9 heteroatoms. The molecule has 1 unspecified atom stereocenters. The summed E-state index contributed by atoms with van der Waals surface area (Å²) in [5, 5.41) is 9.36. The SMILES string of the molecule is CCCCCCCCCCC/C=C\CCCCC(=O)O[C@@H](CO)COP(=O)([O-])OCC[N+](C)(C)C. The summed E-state index contributed by atoms with van der Waals surface area (Å²) in [6, 6.07) is 0. The molecule has 1 N–H and O–H groups in total. The first kappa shape index (κ1) is 34.2. The summed E-state index contributed by atoms with van der Waals surface area (Å²) < 4.78 is 27.0. The highest BCUT2D eigenvalue weighted by Crippen LogP contribution is 2.38. The minimum Gasteiger partial charge on any atom is -0.756 e. The maximum atomic E-state index is 12.0. The molecule has 0 amide bonds. The molecule has 0 rings (SSSR count). The molecule has 0 saturated heterocycles. The quantitative estimate of drug-likeness (QED) is 0.0617. The van der Waals surface area contributed by atoms with Crippen LogP contribution in [0.25, 0.3) is 0 Å². The number of ether oxygens (including phenoxy) is 1. The molecule has 35 heavy (non-hydrogen) atoms. The van der Waals surface area contributed by atoms with Crippen molar-refractivity contribution in [3.63, 3.8) is 0 Å². The Labute approximate surface area is 214 Å². The van der Waals surface area contributed by atoms with Gasteiger partial charge in [0.1, 0.15) is 19.3 Å². The number of nitrogens with zero attached hydrogens (tertiary/aromatic N) is 1. The Hall–Kier alpha value is -0.760. The Morgan fingerprint density at radius 1 is 0.914 bits per heavy atom. The van der Waals surface area contributed by atoms with Crippen LogP contribution in [0.2, 0.25) is 0 Å². The molecule has 208 valence electrons. The number of aliphatic hydroxyl groups excluding tert-OH is 1. The number of aliphatic hydroxyl groups is 1. The summed E-state index contributed by atoms with van der Waals surface area (Å²) in [6.45, 7) is 1.74. The minimum absolute atomic E-state index is 0.0124. The van der Waals surface area contributed by atoms with Crippen LogP contribution in [-0.4, -0.2) is 69.2 Å². The largest absolute Gasteiger partial charge is 0.756 e. The van der Waals surface area contributed by atoms with Gasteiger partial charge in [0.25, 0.3) is 7.82 Å². The van der Waals surface area contributed by atoms with Gasteiger partial charge in [0.2, 0.25) is 0 Å². The Morgan fingerprint density at radius 3 is 2.00 bits per heavy atom. The number of phosphoric acid groups is 1. The third-order valence-corrected chi connectivity index (χ3v) is 6.54. The van der Waals surface area contributed by atoms with E-state index < -0.39 is 33.1 Å². The lowest BCUT2D eigenvalue weighted by atomic mass is 10.1. The summed E-state index contributed by atoms with van der Waals surface area (Å²) in [5.41, 5.74) is 0.